The van der Waals surface area contributed by atoms with Gasteiger partial charge in [0.15, 0.2) is 0 Å². The molecule has 0 unspecified atom stereocenters. The molecule has 36 heavy (non-hydrogen) atoms. The summed E-state index contributed by atoms with van der Waals surface area (Å²) >= 11 is 12.5. The summed E-state index contributed by atoms with van der Waals surface area (Å²) in [5.41, 5.74) is 4.95. The van der Waals surface area contributed by atoms with Crippen LogP contribution in [0.3, 0.4) is 0 Å². The van der Waals surface area contributed by atoms with Crippen molar-refractivity contribution in [3.63, 3.8) is 0 Å². The molecule has 1 amide bonds. The number of benzene rings is 2. The molecule has 3 aromatic rings. The van der Waals surface area contributed by atoms with Crippen LogP contribution in [-0.4, -0.2) is 45.7 Å². The van der Waals surface area contributed by atoms with Crippen LogP contribution < -0.4 is 5.32 Å². The predicted octanol–water partition coefficient (Wildman–Crippen LogP) is 6.95. The van der Waals surface area contributed by atoms with E-state index in [1.807, 2.05) is 51.2 Å². The first-order valence-electron chi connectivity index (χ1n) is 12.3. The SMILES string of the molecule is CC(C)(C)OC(=O)N1CCC[C@@H](Nc2ncc3c(n2)-c2ccccc2[C@H](c2ccc(Cl)c(Cl)c2)C3)C1. The van der Waals surface area contributed by atoms with Crippen molar-refractivity contribution >= 4 is 35.2 Å². The van der Waals surface area contributed by atoms with Crippen LogP contribution in [0.2, 0.25) is 10.0 Å². The summed E-state index contributed by atoms with van der Waals surface area (Å²) in [7, 11) is 0. The first-order valence-corrected chi connectivity index (χ1v) is 13.1. The lowest BCUT2D eigenvalue weighted by atomic mass is 9.78. The van der Waals surface area contributed by atoms with E-state index < -0.39 is 5.60 Å². The van der Waals surface area contributed by atoms with E-state index in [1.165, 1.54) is 5.56 Å². The molecule has 0 saturated carbocycles. The minimum atomic E-state index is -0.512. The van der Waals surface area contributed by atoms with Gasteiger partial charge in [-0.3, -0.25) is 0 Å². The van der Waals surface area contributed by atoms with Gasteiger partial charge in [-0.05, 0) is 68.9 Å². The van der Waals surface area contributed by atoms with Gasteiger partial charge in [-0.25, -0.2) is 14.8 Å². The second-order valence-corrected chi connectivity index (χ2v) is 11.3. The number of piperidine rings is 1. The Balaban J connectivity index is 1.37. The molecule has 5 rings (SSSR count). The van der Waals surface area contributed by atoms with Crippen molar-refractivity contribution in [2.24, 2.45) is 0 Å². The fourth-order valence-electron chi connectivity index (χ4n) is 5.00. The quantitative estimate of drug-likeness (QED) is 0.401. The zero-order valence-corrected chi connectivity index (χ0v) is 22.2. The number of halogens is 2. The van der Waals surface area contributed by atoms with E-state index in [4.69, 9.17) is 32.9 Å². The van der Waals surface area contributed by atoms with E-state index in [2.05, 4.69) is 28.5 Å². The number of aromatic nitrogens is 2. The lowest BCUT2D eigenvalue weighted by molar-refractivity contribution is 0.0206. The van der Waals surface area contributed by atoms with Gasteiger partial charge in [-0.2, -0.15) is 0 Å². The second-order valence-electron chi connectivity index (χ2n) is 10.5. The Labute approximate surface area is 222 Å². The second kappa shape index (κ2) is 9.91. The number of nitrogens with one attached hydrogen (secondary N) is 1. The van der Waals surface area contributed by atoms with Crippen molar-refractivity contribution in [1.82, 2.24) is 14.9 Å². The summed E-state index contributed by atoms with van der Waals surface area (Å²) in [5, 5.41) is 4.57. The zero-order chi connectivity index (χ0) is 25.4. The van der Waals surface area contributed by atoms with Crippen LogP contribution in [0.1, 0.15) is 56.2 Å². The Morgan fingerprint density at radius 1 is 1.14 bits per heavy atom. The van der Waals surface area contributed by atoms with Gasteiger partial charge in [-0.1, -0.05) is 53.5 Å². The highest BCUT2D eigenvalue weighted by Crippen LogP contribution is 2.42. The first-order chi connectivity index (χ1) is 17.2. The van der Waals surface area contributed by atoms with E-state index in [0.29, 0.717) is 29.1 Å². The van der Waals surface area contributed by atoms with Crippen LogP contribution in [0.25, 0.3) is 11.3 Å². The van der Waals surface area contributed by atoms with Gasteiger partial charge in [0.2, 0.25) is 5.95 Å². The summed E-state index contributed by atoms with van der Waals surface area (Å²) in [6.45, 7) is 6.91. The molecule has 1 aromatic heterocycles. The van der Waals surface area contributed by atoms with Crippen LogP contribution in [0.4, 0.5) is 10.7 Å². The fourth-order valence-corrected chi connectivity index (χ4v) is 5.31. The third-order valence-electron chi connectivity index (χ3n) is 6.63. The highest BCUT2D eigenvalue weighted by molar-refractivity contribution is 6.42. The Kier molecular flexibility index (Phi) is 6.84. The zero-order valence-electron chi connectivity index (χ0n) is 20.7. The number of carbonyl (C=O) groups is 1. The van der Waals surface area contributed by atoms with Crippen molar-refractivity contribution in [2.75, 3.05) is 18.4 Å². The van der Waals surface area contributed by atoms with Crippen molar-refractivity contribution in [2.45, 2.75) is 57.6 Å². The minimum Gasteiger partial charge on any atom is -0.444 e. The van der Waals surface area contributed by atoms with Gasteiger partial charge in [-0.15, -0.1) is 0 Å². The topological polar surface area (TPSA) is 67.3 Å². The van der Waals surface area contributed by atoms with Gasteiger partial charge >= 0.3 is 6.09 Å². The van der Waals surface area contributed by atoms with E-state index in [1.54, 1.807) is 4.90 Å². The third kappa shape index (κ3) is 5.30. The molecular weight excluding hydrogens is 495 g/mol. The number of amides is 1. The van der Waals surface area contributed by atoms with Crippen LogP contribution in [0.5, 0.6) is 0 Å². The molecular formula is C28H30Cl2N4O2. The third-order valence-corrected chi connectivity index (χ3v) is 7.37. The normalized spacial score (nSPS) is 19.3. The lowest BCUT2D eigenvalue weighted by Gasteiger charge is -2.34. The molecule has 0 bridgehead atoms. The molecule has 2 atom stereocenters. The first kappa shape index (κ1) is 24.8. The Morgan fingerprint density at radius 2 is 1.94 bits per heavy atom. The van der Waals surface area contributed by atoms with E-state index in [0.717, 1.165) is 41.6 Å². The van der Waals surface area contributed by atoms with Crippen LogP contribution in [-0.2, 0) is 11.2 Å². The molecule has 1 aliphatic carbocycles. The predicted molar refractivity (Wildman–Crippen MR) is 144 cm³/mol. The molecule has 1 aliphatic heterocycles. The molecule has 2 aliphatic rings. The fraction of sp³-hybridized carbons (Fsp3) is 0.393. The molecule has 2 heterocycles. The monoisotopic (exact) mass is 524 g/mol. The number of rotatable bonds is 3. The van der Waals surface area contributed by atoms with Crippen molar-refractivity contribution < 1.29 is 9.53 Å². The average Bonchev–Trinajstić information content (AvgIpc) is 2.84. The Bertz CT molecular complexity index is 1290. The van der Waals surface area contributed by atoms with Gasteiger partial charge in [0.1, 0.15) is 5.60 Å². The number of anilines is 1. The summed E-state index contributed by atoms with van der Waals surface area (Å²) < 4.78 is 5.56. The standard InChI is InChI=1S/C28H30Cl2N4O2/c1-28(2,3)36-27(35)34-12-6-7-19(16-34)32-26-31-15-18-13-22(17-10-11-23(29)24(30)14-17)20-8-4-5-9-21(20)25(18)33-26/h4-5,8-11,14-15,19,22H,6-7,12-13,16H2,1-3H3,(H,31,32,33)/t19-,22+/m1/s1. The Morgan fingerprint density at radius 3 is 2.72 bits per heavy atom. The molecule has 0 radical (unpaired) electrons. The summed E-state index contributed by atoms with van der Waals surface area (Å²) in [6.07, 6.45) is 4.26. The van der Waals surface area contributed by atoms with Crippen LogP contribution in [0, 0.1) is 0 Å². The average molecular weight is 525 g/mol. The largest absolute Gasteiger partial charge is 0.444 e. The number of ether oxygens (including phenoxy) is 1. The molecule has 1 fully saturated rings. The molecule has 8 heteroatoms. The number of carbonyl (C=O) groups excluding carboxylic acids is 1. The van der Waals surface area contributed by atoms with Gasteiger partial charge < -0.3 is 15.0 Å². The Hall–Kier alpha value is -2.83. The van der Waals surface area contributed by atoms with E-state index >= 15 is 0 Å². The highest BCUT2D eigenvalue weighted by atomic mass is 35.5. The van der Waals surface area contributed by atoms with Gasteiger partial charge in [0.05, 0.1) is 15.7 Å². The smallest absolute Gasteiger partial charge is 0.410 e. The molecule has 6 nitrogen and oxygen atoms in total. The van der Waals surface area contributed by atoms with Crippen molar-refractivity contribution in [3.05, 3.63) is 75.4 Å². The van der Waals surface area contributed by atoms with Gasteiger partial charge in [0.25, 0.3) is 0 Å². The summed E-state index contributed by atoms with van der Waals surface area (Å²) in [5.74, 6) is 0.721. The summed E-state index contributed by atoms with van der Waals surface area (Å²) in [4.78, 5) is 23.9. The number of hydrogen-bond donors (Lipinski definition) is 1. The number of likely N-dealkylation sites (tertiary alicyclic amines) is 1. The molecule has 2 aromatic carbocycles. The lowest BCUT2D eigenvalue weighted by Crippen LogP contribution is -2.47. The molecule has 1 saturated heterocycles. The molecule has 1 N–H and O–H groups in total. The van der Waals surface area contributed by atoms with Gasteiger partial charge in [0, 0.05) is 36.8 Å². The maximum absolute atomic E-state index is 12.6. The maximum Gasteiger partial charge on any atom is 0.410 e. The van der Waals surface area contributed by atoms with Crippen LogP contribution in [0.15, 0.2) is 48.7 Å². The molecule has 0 spiro atoms. The van der Waals surface area contributed by atoms with Crippen molar-refractivity contribution in [3.8, 4) is 11.3 Å². The number of hydrogen-bond acceptors (Lipinski definition) is 5. The minimum absolute atomic E-state index is 0.0621. The number of fused-ring (bicyclic) bond motifs is 3. The summed E-state index contributed by atoms with van der Waals surface area (Å²) in [6, 6.07) is 14.3. The van der Waals surface area contributed by atoms with E-state index in [-0.39, 0.29) is 18.1 Å². The van der Waals surface area contributed by atoms with Crippen LogP contribution >= 0.6 is 23.2 Å². The molecule has 188 valence electrons. The number of nitrogens with zero attached hydrogens (tertiary/aromatic N) is 3. The van der Waals surface area contributed by atoms with E-state index in [9.17, 15) is 4.79 Å². The van der Waals surface area contributed by atoms with Crippen molar-refractivity contribution in [1.29, 1.82) is 0 Å². The maximum atomic E-state index is 12.6. The highest BCUT2D eigenvalue weighted by Gasteiger charge is 2.30.